The van der Waals surface area contributed by atoms with Crippen LogP contribution in [0.15, 0.2) is 0 Å². The van der Waals surface area contributed by atoms with Crippen LogP contribution in [0.1, 0.15) is 278 Å². The summed E-state index contributed by atoms with van der Waals surface area (Å²) in [5.74, 6) is -0.852. The number of rotatable bonds is 45. The monoisotopic (exact) mass is 780 g/mol. The maximum Gasteiger partial charge on any atom is 0.306 e. The van der Waals surface area contributed by atoms with E-state index in [2.05, 4.69) is 20.8 Å². The van der Waals surface area contributed by atoms with Crippen molar-refractivity contribution in [3.8, 4) is 0 Å². The van der Waals surface area contributed by atoms with Crippen LogP contribution in [0.25, 0.3) is 0 Å². The average Bonchev–Trinajstić information content (AvgIpc) is 3.18. The third-order valence-corrected chi connectivity index (χ3v) is 11.1. The van der Waals surface area contributed by atoms with Crippen molar-refractivity contribution in [2.45, 2.75) is 284 Å². The lowest BCUT2D eigenvalue weighted by atomic mass is 10.0. The van der Waals surface area contributed by atoms with Crippen molar-refractivity contribution in [2.24, 2.45) is 0 Å². The molecule has 0 aliphatic carbocycles. The number of ether oxygens (including phenoxy) is 3. The highest BCUT2D eigenvalue weighted by atomic mass is 16.7. The smallest absolute Gasteiger partial charge is 0.306 e. The van der Waals surface area contributed by atoms with Crippen LogP contribution < -0.4 is 0 Å². The topological polar surface area (TPSA) is 78.9 Å². The second kappa shape index (κ2) is 45.1. The van der Waals surface area contributed by atoms with Gasteiger partial charge in [0.25, 0.3) is 0 Å². The first-order valence-electron chi connectivity index (χ1n) is 24.5. The van der Waals surface area contributed by atoms with E-state index < -0.39 is 6.10 Å². The minimum absolute atomic E-state index is 0.0629. The van der Waals surface area contributed by atoms with Gasteiger partial charge in [-0.3, -0.25) is 14.4 Å². The van der Waals surface area contributed by atoms with Crippen LogP contribution in [0.3, 0.4) is 0 Å². The van der Waals surface area contributed by atoms with E-state index >= 15 is 0 Å². The Labute approximate surface area is 342 Å². The molecule has 0 saturated carbocycles. The van der Waals surface area contributed by atoms with E-state index in [1.807, 2.05) is 0 Å². The number of hydrogen-bond acceptors (Lipinski definition) is 6. The van der Waals surface area contributed by atoms with Gasteiger partial charge in [-0.2, -0.15) is 0 Å². The van der Waals surface area contributed by atoms with Crippen molar-refractivity contribution in [2.75, 3.05) is 13.2 Å². The Morgan fingerprint density at radius 1 is 0.291 bits per heavy atom. The van der Waals surface area contributed by atoms with Gasteiger partial charge >= 0.3 is 17.9 Å². The van der Waals surface area contributed by atoms with Crippen molar-refractivity contribution in [3.63, 3.8) is 0 Å². The Morgan fingerprint density at radius 2 is 0.491 bits per heavy atom. The summed E-state index contributed by atoms with van der Waals surface area (Å²) in [5.41, 5.74) is 0. The fourth-order valence-electron chi connectivity index (χ4n) is 7.38. The van der Waals surface area contributed by atoms with Gasteiger partial charge in [0.2, 0.25) is 0 Å². The standard InChI is InChI=1S/C49H94O6/c1-4-7-10-13-16-18-20-22-24-26-28-30-33-35-38-41-47(50)53-44-46(55-49(52)43-40-37-32-15-12-9-6-3)45-54-48(51)42-39-36-34-31-29-27-25-23-21-19-17-14-11-8-5-2/h46H,4-45H2,1-3H3/i49+1. The van der Waals surface area contributed by atoms with Gasteiger partial charge in [0, 0.05) is 19.3 Å². The number of hydrogen-bond donors (Lipinski definition) is 0. The van der Waals surface area contributed by atoms with Crippen LogP contribution >= 0.6 is 0 Å². The van der Waals surface area contributed by atoms with Crippen molar-refractivity contribution in [1.29, 1.82) is 0 Å². The predicted molar refractivity (Wildman–Crippen MR) is 233 cm³/mol. The molecule has 0 aliphatic rings. The predicted octanol–water partition coefficient (Wildman–Crippen LogP) is 15.6. The Bertz CT molecular complexity index is 763. The highest BCUT2D eigenvalue weighted by Gasteiger charge is 2.19. The minimum Gasteiger partial charge on any atom is -0.462 e. The maximum absolute atomic E-state index is 12.6. The maximum atomic E-state index is 12.6. The molecule has 0 unspecified atom stereocenters. The normalized spacial score (nSPS) is 11.3. The molecular formula is C49H94O6. The summed E-state index contributed by atoms with van der Waals surface area (Å²) < 4.78 is 16.7. The quantitative estimate of drug-likeness (QED) is 0.0265. The van der Waals surface area contributed by atoms with Crippen LogP contribution in [0, 0.1) is 0 Å². The molecular weight excluding hydrogens is 686 g/mol. The van der Waals surface area contributed by atoms with E-state index in [-0.39, 0.29) is 31.1 Å². The fourth-order valence-corrected chi connectivity index (χ4v) is 7.38. The fraction of sp³-hybridized carbons (Fsp3) is 0.939. The Hall–Kier alpha value is -1.59. The van der Waals surface area contributed by atoms with Crippen LogP contribution in [0.2, 0.25) is 0 Å². The Morgan fingerprint density at radius 3 is 0.727 bits per heavy atom. The molecule has 0 bridgehead atoms. The van der Waals surface area contributed by atoms with Crippen molar-refractivity contribution >= 4 is 17.9 Å². The summed E-state index contributed by atoms with van der Waals surface area (Å²) in [5, 5.41) is 0. The molecule has 0 atom stereocenters. The summed E-state index contributed by atoms with van der Waals surface area (Å²) >= 11 is 0. The Balaban J connectivity index is 4.18. The zero-order chi connectivity index (χ0) is 40.1. The lowest BCUT2D eigenvalue weighted by molar-refractivity contribution is -0.167. The first kappa shape index (κ1) is 53.4. The van der Waals surface area contributed by atoms with Crippen LogP contribution in [0.5, 0.6) is 0 Å². The summed E-state index contributed by atoms with van der Waals surface area (Å²) in [4.78, 5) is 37.7. The first-order valence-corrected chi connectivity index (χ1v) is 24.5. The van der Waals surface area contributed by atoms with E-state index in [4.69, 9.17) is 14.2 Å². The molecule has 0 saturated heterocycles. The summed E-state index contributed by atoms with van der Waals surface area (Å²) in [6, 6.07) is 0. The summed E-state index contributed by atoms with van der Waals surface area (Å²) in [6.07, 6.45) is 46.7. The van der Waals surface area contributed by atoms with Crippen molar-refractivity contribution in [1.82, 2.24) is 0 Å². The molecule has 0 radical (unpaired) electrons. The zero-order valence-corrected chi connectivity index (χ0v) is 37.2. The van der Waals surface area contributed by atoms with Gasteiger partial charge in [-0.15, -0.1) is 0 Å². The van der Waals surface area contributed by atoms with E-state index in [1.54, 1.807) is 0 Å². The van der Waals surface area contributed by atoms with Gasteiger partial charge in [-0.25, -0.2) is 0 Å². The number of esters is 3. The molecule has 0 spiro atoms. The molecule has 0 N–H and O–H groups in total. The van der Waals surface area contributed by atoms with Gasteiger partial charge in [-0.1, -0.05) is 239 Å². The SMILES string of the molecule is CCCCCCCCCCCCCCCCCC(=O)OCC(COC(=O)CCCCCCCCCCCCCCCCC)O[13C](=O)CCCCCCCCC. The average molecular weight is 780 g/mol. The highest BCUT2D eigenvalue weighted by Crippen LogP contribution is 2.16. The molecule has 0 amide bonds. The molecule has 0 fully saturated rings. The molecule has 0 aromatic rings. The second-order valence-electron chi connectivity index (χ2n) is 16.7. The summed E-state index contributed by atoms with van der Waals surface area (Å²) in [6.45, 7) is 6.63. The second-order valence-corrected chi connectivity index (χ2v) is 16.7. The van der Waals surface area contributed by atoms with Crippen molar-refractivity contribution in [3.05, 3.63) is 0 Å². The van der Waals surface area contributed by atoms with Gasteiger partial charge in [0.1, 0.15) is 13.2 Å². The number of carbonyl (C=O) groups is 3. The molecule has 0 heterocycles. The summed E-state index contributed by atoms with van der Waals surface area (Å²) in [7, 11) is 0. The number of carbonyl (C=O) groups excluding carboxylic acids is 3. The third kappa shape index (κ3) is 43.4. The highest BCUT2D eigenvalue weighted by molar-refractivity contribution is 5.71. The van der Waals surface area contributed by atoms with Gasteiger partial charge in [0.15, 0.2) is 6.10 Å². The minimum atomic E-state index is -0.757. The molecule has 6 heteroatoms. The van der Waals surface area contributed by atoms with Gasteiger partial charge in [0.05, 0.1) is 0 Å². The molecule has 55 heavy (non-hydrogen) atoms. The Kier molecular flexibility index (Phi) is 43.8. The molecule has 0 aromatic heterocycles. The largest absolute Gasteiger partial charge is 0.462 e. The van der Waals surface area contributed by atoms with E-state index in [0.717, 1.165) is 57.8 Å². The molecule has 6 nitrogen and oxygen atoms in total. The molecule has 326 valence electrons. The van der Waals surface area contributed by atoms with Crippen molar-refractivity contribution < 1.29 is 28.6 Å². The zero-order valence-electron chi connectivity index (χ0n) is 37.2. The molecule has 0 aromatic carbocycles. The van der Waals surface area contributed by atoms with Crippen LogP contribution in [0.4, 0.5) is 0 Å². The molecule has 0 aliphatic heterocycles. The number of unbranched alkanes of at least 4 members (excludes halogenated alkanes) is 34. The van der Waals surface area contributed by atoms with Crippen LogP contribution in [-0.4, -0.2) is 37.2 Å². The van der Waals surface area contributed by atoms with Crippen LogP contribution in [-0.2, 0) is 28.6 Å². The third-order valence-electron chi connectivity index (χ3n) is 11.1. The van der Waals surface area contributed by atoms with Gasteiger partial charge in [-0.05, 0) is 19.3 Å². The molecule has 0 rings (SSSR count). The van der Waals surface area contributed by atoms with Gasteiger partial charge < -0.3 is 14.2 Å². The van der Waals surface area contributed by atoms with E-state index in [9.17, 15) is 14.4 Å². The first-order chi connectivity index (χ1) is 27.0. The lowest BCUT2D eigenvalue weighted by Crippen LogP contribution is -2.30. The van der Waals surface area contributed by atoms with E-state index in [1.165, 1.54) is 180 Å². The van der Waals surface area contributed by atoms with E-state index in [0.29, 0.717) is 19.3 Å². The lowest BCUT2D eigenvalue weighted by Gasteiger charge is -2.18.